The summed E-state index contributed by atoms with van der Waals surface area (Å²) in [6, 6.07) is 11.8. The van der Waals surface area contributed by atoms with Gasteiger partial charge in [-0.2, -0.15) is 0 Å². The number of hydrogen-bond acceptors (Lipinski definition) is 7. The van der Waals surface area contributed by atoms with Gasteiger partial charge in [0.15, 0.2) is 0 Å². The van der Waals surface area contributed by atoms with Crippen molar-refractivity contribution in [2.45, 2.75) is 57.0 Å². The average molecular weight is 480 g/mol. The van der Waals surface area contributed by atoms with Crippen LogP contribution in [0.2, 0.25) is 0 Å². The number of hydrogen-bond donors (Lipinski definition) is 3. The third kappa shape index (κ3) is 5.85. The molecule has 9 heteroatoms. The van der Waals surface area contributed by atoms with E-state index < -0.39 is 34.4 Å². The molecular weight excluding hydrogens is 446 g/mol. The van der Waals surface area contributed by atoms with Gasteiger partial charge in [-0.05, 0) is 55.7 Å². The third-order valence-electron chi connectivity index (χ3n) is 5.58. The second-order valence-corrected chi connectivity index (χ2v) is 10.8. The summed E-state index contributed by atoms with van der Waals surface area (Å²) in [4.78, 5) is 0.142. The summed E-state index contributed by atoms with van der Waals surface area (Å²) in [5.41, 5.74) is 2.60. The maximum atomic E-state index is 13.5. The molecule has 0 unspecified atom stereocenters. The Morgan fingerprint density at radius 2 is 1.73 bits per heavy atom. The number of rotatable bonds is 8. The van der Waals surface area contributed by atoms with Crippen LogP contribution in [0.5, 0.6) is 5.75 Å². The van der Waals surface area contributed by atoms with Crippen molar-refractivity contribution in [2.75, 3.05) is 24.1 Å². The van der Waals surface area contributed by atoms with Gasteiger partial charge in [0.05, 0.1) is 17.2 Å². The minimum atomic E-state index is -3.81. The lowest BCUT2D eigenvalue weighted by atomic mass is 10.0. The van der Waals surface area contributed by atoms with Gasteiger partial charge in [-0.25, -0.2) is 8.42 Å². The lowest BCUT2D eigenvalue weighted by Gasteiger charge is -2.35. The zero-order valence-corrected chi connectivity index (χ0v) is 20.2. The molecule has 33 heavy (non-hydrogen) atoms. The van der Waals surface area contributed by atoms with Gasteiger partial charge in [-0.1, -0.05) is 31.5 Å². The van der Waals surface area contributed by atoms with Crippen molar-refractivity contribution >= 4 is 15.7 Å². The Hall–Kier alpha value is -2.17. The molecule has 1 saturated heterocycles. The Labute approximate surface area is 195 Å². The molecule has 2 aromatic rings. The second kappa shape index (κ2) is 10.4. The quantitative estimate of drug-likeness (QED) is 0.530. The van der Waals surface area contributed by atoms with Gasteiger partial charge < -0.3 is 24.8 Å². The molecule has 2 aromatic carbocycles. The number of benzene rings is 2. The second-order valence-electron chi connectivity index (χ2n) is 8.92. The number of anilines is 1. The zero-order chi connectivity index (χ0) is 24.3. The molecule has 1 fully saturated rings. The molecule has 0 bridgehead atoms. The fourth-order valence-corrected chi connectivity index (χ4v) is 5.46. The monoisotopic (exact) mass is 479 g/mol. The first-order chi connectivity index (χ1) is 15.5. The van der Waals surface area contributed by atoms with Crippen molar-refractivity contribution in [2.24, 2.45) is 5.92 Å². The molecule has 0 spiro atoms. The van der Waals surface area contributed by atoms with Crippen LogP contribution in [0.15, 0.2) is 47.4 Å². The number of ether oxygens (including phenoxy) is 2. The van der Waals surface area contributed by atoms with Crippen molar-refractivity contribution in [3.8, 4) is 5.75 Å². The maximum Gasteiger partial charge on any atom is 0.264 e. The molecular formula is C24H33NO7S. The zero-order valence-electron chi connectivity index (χ0n) is 19.4. The minimum Gasteiger partial charge on any atom is -0.491 e. The topological polar surface area (TPSA) is 117 Å². The largest absolute Gasteiger partial charge is 0.491 e. The minimum absolute atomic E-state index is 0.0565. The highest BCUT2D eigenvalue weighted by molar-refractivity contribution is 7.92. The highest BCUT2D eigenvalue weighted by Crippen LogP contribution is 2.29. The van der Waals surface area contributed by atoms with Crippen LogP contribution in [0.25, 0.3) is 0 Å². The van der Waals surface area contributed by atoms with E-state index in [9.17, 15) is 23.7 Å². The molecule has 0 saturated carbocycles. The lowest BCUT2D eigenvalue weighted by Crippen LogP contribution is -2.54. The Kier molecular flexibility index (Phi) is 8.02. The predicted molar refractivity (Wildman–Crippen MR) is 125 cm³/mol. The van der Waals surface area contributed by atoms with Crippen LogP contribution in [0.3, 0.4) is 0 Å². The smallest absolute Gasteiger partial charge is 0.264 e. The first-order valence-corrected chi connectivity index (χ1v) is 12.4. The van der Waals surface area contributed by atoms with Gasteiger partial charge in [0.25, 0.3) is 10.0 Å². The van der Waals surface area contributed by atoms with Crippen LogP contribution in [0.4, 0.5) is 5.69 Å². The summed E-state index contributed by atoms with van der Waals surface area (Å²) < 4.78 is 39.4. The van der Waals surface area contributed by atoms with Gasteiger partial charge in [-0.15, -0.1) is 0 Å². The fraction of sp³-hybridized carbons (Fsp3) is 0.500. The Morgan fingerprint density at radius 1 is 1.06 bits per heavy atom. The first kappa shape index (κ1) is 25.5. The number of aryl methyl sites for hydroxylation is 2. The van der Waals surface area contributed by atoms with E-state index >= 15 is 0 Å². The molecule has 3 N–H and O–H groups in total. The van der Waals surface area contributed by atoms with Crippen LogP contribution in [0.1, 0.15) is 25.0 Å². The van der Waals surface area contributed by atoms with Gasteiger partial charge >= 0.3 is 0 Å². The van der Waals surface area contributed by atoms with E-state index in [1.54, 1.807) is 12.1 Å². The van der Waals surface area contributed by atoms with E-state index in [2.05, 4.69) is 0 Å². The first-order valence-electron chi connectivity index (χ1n) is 11.0. The van der Waals surface area contributed by atoms with Crippen molar-refractivity contribution in [3.63, 3.8) is 0 Å². The van der Waals surface area contributed by atoms with E-state index in [4.69, 9.17) is 9.47 Å². The summed E-state index contributed by atoms with van der Waals surface area (Å²) >= 11 is 0. The number of aliphatic hydroxyl groups is 3. The molecule has 8 nitrogen and oxygen atoms in total. The summed E-state index contributed by atoms with van der Waals surface area (Å²) in [6.07, 6.45) is -4.54. The molecule has 182 valence electrons. The van der Waals surface area contributed by atoms with Crippen molar-refractivity contribution in [1.29, 1.82) is 0 Å². The summed E-state index contributed by atoms with van der Waals surface area (Å²) in [7, 11) is -3.81. The van der Waals surface area contributed by atoms with Crippen LogP contribution in [-0.4, -0.2) is 67.9 Å². The van der Waals surface area contributed by atoms with Crippen LogP contribution >= 0.6 is 0 Å². The van der Waals surface area contributed by atoms with E-state index in [0.717, 1.165) is 11.1 Å². The molecule has 0 aliphatic carbocycles. The Bertz CT molecular complexity index is 1040. The summed E-state index contributed by atoms with van der Waals surface area (Å²) in [5, 5.41) is 29.3. The molecule has 0 amide bonds. The maximum absolute atomic E-state index is 13.5. The lowest BCUT2D eigenvalue weighted by molar-refractivity contribution is -0.193. The van der Waals surface area contributed by atoms with Crippen LogP contribution in [0, 0.1) is 19.8 Å². The van der Waals surface area contributed by atoms with Crippen molar-refractivity contribution in [3.05, 3.63) is 53.6 Å². The number of aliphatic hydroxyl groups excluding tert-OH is 3. The molecule has 1 aliphatic heterocycles. The molecule has 0 radical (unpaired) electrons. The molecule has 3 rings (SSSR count). The third-order valence-corrected chi connectivity index (χ3v) is 7.38. The van der Waals surface area contributed by atoms with Crippen LogP contribution < -0.4 is 9.04 Å². The normalized spacial score (nSPS) is 23.5. The van der Waals surface area contributed by atoms with E-state index in [-0.39, 0.29) is 24.0 Å². The van der Waals surface area contributed by atoms with Gasteiger partial charge in [0.2, 0.25) is 0 Å². The highest BCUT2D eigenvalue weighted by atomic mass is 32.2. The van der Waals surface area contributed by atoms with Crippen molar-refractivity contribution in [1.82, 2.24) is 0 Å². The number of nitrogens with zero attached hydrogens (tertiary/aromatic N) is 1. The molecule has 4 atom stereocenters. The Balaban J connectivity index is 1.77. The van der Waals surface area contributed by atoms with Gasteiger partial charge in [0.1, 0.15) is 36.8 Å². The van der Waals surface area contributed by atoms with Crippen molar-refractivity contribution < 1.29 is 33.2 Å². The SMILES string of the molecule is Cc1ccc(N(CC(C)C)S(=O)(=O)c2ccc(OC[C@H]3OC[C@H](O)[C@@H](O)[C@H]3O)cc2)c(C)c1. The van der Waals surface area contributed by atoms with E-state index in [1.165, 1.54) is 16.4 Å². The van der Waals surface area contributed by atoms with E-state index in [1.807, 2.05) is 45.9 Å². The fourth-order valence-electron chi connectivity index (χ4n) is 3.77. The Morgan fingerprint density at radius 3 is 2.33 bits per heavy atom. The summed E-state index contributed by atoms with van der Waals surface area (Å²) in [6.45, 7) is 8.00. The standard InChI is InChI=1S/C24H33NO7S/c1-15(2)12-25(20-10-5-16(3)11-17(20)4)33(29,30)19-8-6-18(7-9-19)31-14-22-24(28)23(27)21(26)13-32-22/h5-11,15,21-24,26-28H,12-14H2,1-4H3/t21-,22+,23+,24-/m0/s1. The van der Waals surface area contributed by atoms with Crippen LogP contribution in [-0.2, 0) is 14.8 Å². The molecule has 1 heterocycles. The predicted octanol–water partition coefficient (Wildman–Crippen LogP) is 2.02. The van der Waals surface area contributed by atoms with E-state index in [0.29, 0.717) is 18.0 Å². The molecule has 0 aromatic heterocycles. The van der Waals surface area contributed by atoms with Gasteiger partial charge in [-0.3, -0.25) is 4.31 Å². The molecule has 1 aliphatic rings. The summed E-state index contributed by atoms with van der Waals surface area (Å²) in [5.74, 6) is 0.520. The number of sulfonamides is 1. The average Bonchev–Trinajstić information content (AvgIpc) is 2.76. The van der Waals surface area contributed by atoms with Gasteiger partial charge in [0, 0.05) is 6.54 Å². The highest BCUT2D eigenvalue weighted by Gasteiger charge is 2.37.